The standard InChI is InChI=1S/C33H49NO9Si2/c1-7-44(8-2,9-3)42-27-28(43-45(10-4,11-5)12-6)30(32(37)40-29(27)31(35)36)41-34-33(38)39-21-26-24-19-15-13-17-22(24)23-18-14-16-20-25(23)26/h13-20,26-30,32,37H,7-12,21H2,1-6H3,(H,34,38)(H,35,36)/t27-,28-,29-,30+,32+/m0/s1. The summed E-state index contributed by atoms with van der Waals surface area (Å²) in [6, 6.07) is 20.8. The molecule has 1 fully saturated rings. The molecule has 5 atom stereocenters. The molecule has 45 heavy (non-hydrogen) atoms. The molecule has 2 aromatic carbocycles. The van der Waals surface area contributed by atoms with Gasteiger partial charge < -0.3 is 28.5 Å². The molecule has 1 saturated heterocycles. The number of aliphatic hydroxyl groups is 1. The lowest BCUT2D eigenvalue weighted by atomic mass is 9.98. The van der Waals surface area contributed by atoms with E-state index in [2.05, 4.69) is 59.2 Å². The predicted octanol–water partition coefficient (Wildman–Crippen LogP) is 6.41. The maximum absolute atomic E-state index is 13.0. The fraction of sp³-hybridized carbons (Fsp3) is 0.576. The second-order valence-electron chi connectivity index (χ2n) is 11.9. The maximum atomic E-state index is 13.0. The van der Waals surface area contributed by atoms with E-state index in [4.69, 9.17) is 23.2 Å². The van der Waals surface area contributed by atoms with E-state index in [1.54, 1.807) is 0 Å². The number of fused-ring (bicyclic) bond motifs is 3. The number of ether oxygens (including phenoxy) is 2. The number of benzene rings is 2. The van der Waals surface area contributed by atoms with E-state index < -0.39 is 59.4 Å². The molecule has 1 aliphatic heterocycles. The minimum Gasteiger partial charge on any atom is -0.479 e. The quantitative estimate of drug-likeness (QED) is 0.147. The highest BCUT2D eigenvalue weighted by Crippen LogP contribution is 2.44. The minimum atomic E-state index is -2.39. The van der Waals surface area contributed by atoms with Crippen molar-refractivity contribution in [2.45, 2.75) is 114 Å². The third-order valence-corrected chi connectivity index (χ3v) is 19.3. The number of hydroxylamine groups is 1. The molecule has 0 radical (unpaired) electrons. The molecule has 3 N–H and O–H groups in total. The normalized spacial score (nSPS) is 23.3. The fourth-order valence-electron chi connectivity index (χ4n) is 6.73. The summed E-state index contributed by atoms with van der Waals surface area (Å²) in [7, 11) is -4.77. The first-order valence-corrected chi connectivity index (χ1v) is 21.4. The molecule has 2 aromatic rings. The summed E-state index contributed by atoms with van der Waals surface area (Å²) >= 11 is 0. The van der Waals surface area contributed by atoms with Gasteiger partial charge in [0.2, 0.25) is 0 Å². The Kier molecular flexibility index (Phi) is 12.0. The van der Waals surface area contributed by atoms with E-state index >= 15 is 0 Å². The number of carboxylic acid groups (broad SMARTS) is 1. The Labute approximate surface area is 268 Å². The van der Waals surface area contributed by atoms with Crippen LogP contribution in [0.15, 0.2) is 48.5 Å². The lowest BCUT2D eigenvalue weighted by Gasteiger charge is -2.48. The number of carbonyl (C=O) groups excluding carboxylic acids is 1. The van der Waals surface area contributed by atoms with Crippen LogP contribution in [0.5, 0.6) is 0 Å². The summed E-state index contributed by atoms with van der Waals surface area (Å²) in [5, 5.41) is 21.3. The van der Waals surface area contributed by atoms with Crippen molar-refractivity contribution in [3.8, 4) is 11.1 Å². The minimum absolute atomic E-state index is 0.0782. The molecule has 2 aliphatic rings. The van der Waals surface area contributed by atoms with Gasteiger partial charge in [-0.25, -0.2) is 9.59 Å². The van der Waals surface area contributed by atoms with Gasteiger partial charge in [0, 0.05) is 5.92 Å². The first-order valence-electron chi connectivity index (χ1n) is 16.3. The molecule has 0 spiro atoms. The number of carbonyl (C=O) groups is 2. The lowest BCUT2D eigenvalue weighted by molar-refractivity contribution is -0.292. The molecule has 4 rings (SSSR count). The molecule has 0 unspecified atom stereocenters. The van der Waals surface area contributed by atoms with Crippen LogP contribution in [0.2, 0.25) is 36.3 Å². The van der Waals surface area contributed by atoms with Gasteiger partial charge in [-0.1, -0.05) is 90.1 Å². The third-order valence-electron chi connectivity index (χ3n) is 10.0. The average Bonchev–Trinajstić information content (AvgIpc) is 3.39. The smallest absolute Gasteiger partial charge is 0.431 e. The van der Waals surface area contributed by atoms with Crippen LogP contribution >= 0.6 is 0 Å². The van der Waals surface area contributed by atoms with Gasteiger partial charge in [-0.2, -0.15) is 5.48 Å². The Bertz CT molecular complexity index is 1240. The van der Waals surface area contributed by atoms with Crippen LogP contribution in [0, 0.1) is 0 Å². The molecule has 0 bridgehead atoms. The number of aliphatic carboxylic acids is 1. The SMILES string of the molecule is CC[Si](CC)(CC)O[C@@H]1[C@@H](ONC(=O)OCC2c3ccccc3-c3ccccc32)[C@H](O)O[C@H](C(=O)O)[C@H]1O[Si](CC)(CC)CC. The Morgan fingerprint density at radius 3 is 1.69 bits per heavy atom. The van der Waals surface area contributed by atoms with Crippen molar-refractivity contribution in [3.63, 3.8) is 0 Å². The monoisotopic (exact) mass is 659 g/mol. The van der Waals surface area contributed by atoms with E-state index in [0.717, 1.165) is 58.5 Å². The van der Waals surface area contributed by atoms with Gasteiger partial charge in [0.15, 0.2) is 35.1 Å². The third kappa shape index (κ3) is 7.37. The van der Waals surface area contributed by atoms with E-state index in [-0.39, 0.29) is 12.5 Å². The maximum Gasteiger partial charge on any atom is 0.431 e. The first kappa shape index (κ1) is 35.3. The van der Waals surface area contributed by atoms with Crippen molar-refractivity contribution < 1.29 is 43.0 Å². The summed E-state index contributed by atoms with van der Waals surface area (Å²) in [6.45, 7) is 12.4. The van der Waals surface area contributed by atoms with Gasteiger partial charge in [0.1, 0.15) is 18.8 Å². The summed E-state index contributed by atoms with van der Waals surface area (Å²) in [4.78, 5) is 31.3. The van der Waals surface area contributed by atoms with Crippen LogP contribution in [0.1, 0.15) is 58.6 Å². The highest BCUT2D eigenvalue weighted by atomic mass is 28.4. The molecule has 10 nitrogen and oxygen atoms in total. The van der Waals surface area contributed by atoms with Gasteiger partial charge in [-0.05, 0) is 58.5 Å². The Hall–Kier alpha value is -2.59. The highest BCUT2D eigenvalue weighted by molar-refractivity contribution is 6.74. The van der Waals surface area contributed by atoms with Crippen molar-refractivity contribution in [2.75, 3.05) is 6.61 Å². The molecular weight excluding hydrogens is 611 g/mol. The molecule has 1 heterocycles. The Morgan fingerprint density at radius 2 is 1.22 bits per heavy atom. The van der Waals surface area contributed by atoms with Crippen LogP contribution in [0.3, 0.4) is 0 Å². The summed E-state index contributed by atoms with van der Waals surface area (Å²) in [5.41, 5.74) is 6.71. The molecule has 248 valence electrons. The van der Waals surface area contributed by atoms with Crippen molar-refractivity contribution in [2.24, 2.45) is 0 Å². The Morgan fingerprint density at radius 1 is 0.756 bits per heavy atom. The van der Waals surface area contributed by atoms with E-state index in [0.29, 0.717) is 0 Å². The van der Waals surface area contributed by atoms with E-state index in [9.17, 15) is 19.8 Å². The van der Waals surface area contributed by atoms with Crippen molar-refractivity contribution in [1.82, 2.24) is 5.48 Å². The molecule has 12 heteroatoms. The largest absolute Gasteiger partial charge is 0.479 e. The van der Waals surface area contributed by atoms with Crippen LogP contribution in [0.4, 0.5) is 4.79 Å². The lowest BCUT2D eigenvalue weighted by Crippen LogP contribution is -2.67. The van der Waals surface area contributed by atoms with Gasteiger partial charge in [-0.3, -0.25) is 4.84 Å². The number of rotatable bonds is 15. The number of amides is 1. The first-order chi connectivity index (χ1) is 21.6. The molecule has 1 aliphatic carbocycles. The zero-order valence-electron chi connectivity index (χ0n) is 27.3. The number of aliphatic hydroxyl groups excluding tert-OH is 1. The number of nitrogens with one attached hydrogen (secondary N) is 1. The van der Waals surface area contributed by atoms with Crippen molar-refractivity contribution in [1.29, 1.82) is 0 Å². The fourth-order valence-corrected chi connectivity index (χ4v) is 12.4. The second-order valence-corrected chi connectivity index (χ2v) is 21.4. The van der Waals surface area contributed by atoms with Crippen LogP contribution < -0.4 is 5.48 Å². The van der Waals surface area contributed by atoms with Crippen molar-refractivity contribution >= 4 is 28.7 Å². The number of hydrogen-bond donors (Lipinski definition) is 3. The van der Waals surface area contributed by atoms with Gasteiger partial charge in [0.05, 0.1) is 0 Å². The summed E-state index contributed by atoms with van der Waals surface area (Å²) in [6.07, 6.45) is -7.28. The average molecular weight is 660 g/mol. The van der Waals surface area contributed by atoms with Crippen LogP contribution in [-0.4, -0.2) is 76.2 Å². The van der Waals surface area contributed by atoms with Gasteiger partial charge in [0.25, 0.3) is 0 Å². The van der Waals surface area contributed by atoms with Gasteiger partial charge in [-0.15, -0.1) is 0 Å². The zero-order chi connectivity index (χ0) is 32.8. The molecule has 1 amide bonds. The topological polar surface area (TPSA) is 133 Å². The van der Waals surface area contributed by atoms with E-state index in [1.165, 1.54) is 0 Å². The van der Waals surface area contributed by atoms with Crippen molar-refractivity contribution in [3.05, 3.63) is 59.7 Å². The zero-order valence-corrected chi connectivity index (χ0v) is 29.3. The van der Waals surface area contributed by atoms with E-state index in [1.807, 2.05) is 36.4 Å². The predicted molar refractivity (Wildman–Crippen MR) is 176 cm³/mol. The van der Waals surface area contributed by atoms with Crippen LogP contribution in [0.25, 0.3) is 11.1 Å². The molecule has 0 saturated carbocycles. The highest BCUT2D eigenvalue weighted by Gasteiger charge is 2.55. The summed E-state index contributed by atoms with van der Waals surface area (Å²) < 4.78 is 24.9. The van der Waals surface area contributed by atoms with Crippen LogP contribution in [-0.2, 0) is 28.0 Å². The number of carboxylic acids is 1. The summed E-state index contributed by atoms with van der Waals surface area (Å²) in [5.74, 6) is -1.39. The Balaban J connectivity index is 1.56. The number of hydrogen-bond acceptors (Lipinski definition) is 8. The molecule has 0 aromatic heterocycles. The molecular formula is C33H49NO9Si2. The second kappa shape index (κ2) is 15.3. The van der Waals surface area contributed by atoms with Gasteiger partial charge >= 0.3 is 12.1 Å².